The third-order valence-corrected chi connectivity index (χ3v) is 5.78. The summed E-state index contributed by atoms with van der Waals surface area (Å²) in [6.07, 6.45) is 5.82. The second kappa shape index (κ2) is 7.67. The third kappa shape index (κ3) is 3.69. The number of fused-ring (bicyclic) bond motifs is 2. The molecule has 2 aromatic rings. The number of furan rings is 1. The molecule has 1 atom stereocenters. The van der Waals surface area contributed by atoms with E-state index in [0.29, 0.717) is 56.3 Å². The molecular weight excluding hydrogens is 372 g/mol. The predicted octanol–water partition coefficient (Wildman–Crippen LogP) is 2.09. The molecule has 1 saturated heterocycles. The zero-order valence-corrected chi connectivity index (χ0v) is 17.2. The minimum Gasteiger partial charge on any atom is -0.469 e. The summed E-state index contributed by atoms with van der Waals surface area (Å²) in [5.74, 6) is 1.72. The van der Waals surface area contributed by atoms with Gasteiger partial charge in [-0.25, -0.2) is 4.98 Å². The summed E-state index contributed by atoms with van der Waals surface area (Å²) in [4.78, 5) is 31.8. The van der Waals surface area contributed by atoms with Gasteiger partial charge in [-0.3, -0.25) is 9.59 Å². The second-order valence-corrected chi connectivity index (χ2v) is 8.33. The van der Waals surface area contributed by atoms with Crippen molar-refractivity contribution in [2.24, 2.45) is 5.92 Å². The number of amides is 2. The van der Waals surface area contributed by atoms with Gasteiger partial charge in [0.2, 0.25) is 0 Å². The van der Waals surface area contributed by atoms with Crippen molar-refractivity contribution in [1.82, 2.24) is 19.8 Å². The Bertz CT molecular complexity index is 892. The van der Waals surface area contributed by atoms with Crippen LogP contribution in [-0.2, 0) is 21.7 Å². The minimum absolute atomic E-state index is 0.0310. The van der Waals surface area contributed by atoms with Crippen LogP contribution in [0.3, 0.4) is 0 Å². The fourth-order valence-corrected chi connectivity index (χ4v) is 4.14. The van der Waals surface area contributed by atoms with Gasteiger partial charge >= 0.3 is 0 Å². The molecule has 0 radical (unpaired) electrons. The topological polar surface area (TPSA) is 89.6 Å². The van der Waals surface area contributed by atoms with Gasteiger partial charge in [0, 0.05) is 44.9 Å². The van der Waals surface area contributed by atoms with Crippen LogP contribution in [0.15, 0.2) is 29.1 Å². The number of nitrogens with one attached hydrogen (secondary N) is 1. The molecule has 1 N–H and O–H groups in total. The van der Waals surface area contributed by atoms with E-state index >= 15 is 0 Å². The highest BCUT2D eigenvalue weighted by Gasteiger charge is 2.47. The summed E-state index contributed by atoms with van der Waals surface area (Å²) < 4.78 is 13.7. The van der Waals surface area contributed by atoms with E-state index in [9.17, 15) is 9.59 Å². The van der Waals surface area contributed by atoms with Crippen molar-refractivity contribution in [1.29, 1.82) is 0 Å². The molecule has 2 aromatic heterocycles. The van der Waals surface area contributed by atoms with E-state index < -0.39 is 11.7 Å². The van der Waals surface area contributed by atoms with Gasteiger partial charge in [-0.05, 0) is 18.9 Å². The number of ether oxygens (including phenoxy) is 1. The molecule has 1 spiro atoms. The van der Waals surface area contributed by atoms with E-state index in [1.54, 1.807) is 19.2 Å². The number of piperidine rings is 1. The standard InChI is InChI=1S/C21H28N4O4/c1-14(2)12-23-18(26)17-13-25-10-7-22-20(25)21(29-17)5-8-24(9-6-21)19(27)16-4-11-28-15(16)3/h4,7,10-11,14,17H,5-6,8-9,12-13H2,1-3H3,(H,23,26)/t17-/m0/s1. The molecule has 0 saturated carbocycles. The maximum absolute atomic E-state index is 12.8. The summed E-state index contributed by atoms with van der Waals surface area (Å²) in [6.45, 7) is 8.07. The molecule has 0 aromatic carbocycles. The SMILES string of the molecule is Cc1occc1C(=O)N1CCC2(CC1)O[C@H](C(=O)NCC(C)C)Cn1ccnc12. The molecule has 0 aliphatic carbocycles. The van der Waals surface area contributed by atoms with Crippen molar-refractivity contribution in [2.75, 3.05) is 19.6 Å². The quantitative estimate of drug-likeness (QED) is 0.849. The smallest absolute Gasteiger partial charge is 0.257 e. The molecule has 2 aliphatic heterocycles. The molecule has 4 rings (SSSR count). The van der Waals surface area contributed by atoms with E-state index in [-0.39, 0.29) is 11.8 Å². The molecule has 2 amide bonds. The molecule has 156 valence electrons. The van der Waals surface area contributed by atoms with Crippen molar-refractivity contribution in [2.45, 2.75) is 51.9 Å². The van der Waals surface area contributed by atoms with Gasteiger partial charge in [-0.15, -0.1) is 0 Å². The molecule has 8 nitrogen and oxygen atoms in total. The Balaban J connectivity index is 1.49. The Morgan fingerprint density at radius 3 is 2.76 bits per heavy atom. The Kier molecular flexibility index (Phi) is 5.21. The van der Waals surface area contributed by atoms with E-state index in [4.69, 9.17) is 9.15 Å². The summed E-state index contributed by atoms with van der Waals surface area (Å²) in [5, 5.41) is 2.98. The van der Waals surface area contributed by atoms with Crippen LogP contribution in [-0.4, -0.2) is 52.0 Å². The van der Waals surface area contributed by atoms with E-state index in [1.165, 1.54) is 6.26 Å². The van der Waals surface area contributed by atoms with Gasteiger partial charge in [-0.2, -0.15) is 0 Å². The third-order valence-electron chi connectivity index (χ3n) is 5.78. The van der Waals surface area contributed by atoms with Crippen molar-refractivity contribution < 1.29 is 18.7 Å². The molecule has 1 fully saturated rings. The molecule has 4 heterocycles. The minimum atomic E-state index is -0.649. The number of carbonyl (C=O) groups excluding carboxylic acids is 2. The van der Waals surface area contributed by atoms with Crippen LogP contribution in [0.25, 0.3) is 0 Å². The highest BCUT2D eigenvalue weighted by molar-refractivity contribution is 5.95. The summed E-state index contributed by atoms with van der Waals surface area (Å²) in [6, 6.07) is 1.71. The summed E-state index contributed by atoms with van der Waals surface area (Å²) in [7, 11) is 0. The van der Waals surface area contributed by atoms with Gasteiger partial charge in [0.1, 0.15) is 17.2 Å². The molecule has 2 aliphatic rings. The van der Waals surface area contributed by atoms with Gasteiger partial charge in [0.15, 0.2) is 6.10 Å². The van der Waals surface area contributed by atoms with Crippen LogP contribution < -0.4 is 5.32 Å². The average Bonchev–Trinajstić information content (AvgIpc) is 3.35. The van der Waals surface area contributed by atoms with Gasteiger partial charge in [-0.1, -0.05) is 13.8 Å². The Morgan fingerprint density at radius 2 is 2.10 bits per heavy atom. The van der Waals surface area contributed by atoms with E-state index in [1.807, 2.05) is 15.7 Å². The first kappa shape index (κ1) is 19.7. The molecule has 8 heteroatoms. The monoisotopic (exact) mass is 400 g/mol. The number of likely N-dealkylation sites (tertiary alicyclic amines) is 1. The lowest BCUT2D eigenvalue weighted by molar-refractivity contribution is -0.172. The number of aryl methyl sites for hydroxylation is 1. The Morgan fingerprint density at radius 1 is 1.34 bits per heavy atom. The van der Waals surface area contributed by atoms with Crippen molar-refractivity contribution in [3.8, 4) is 0 Å². The predicted molar refractivity (Wildman–Crippen MR) is 105 cm³/mol. The molecule has 0 bridgehead atoms. The van der Waals surface area contributed by atoms with Crippen LogP contribution in [0, 0.1) is 12.8 Å². The van der Waals surface area contributed by atoms with Crippen LogP contribution in [0.4, 0.5) is 0 Å². The number of imidazole rings is 1. The normalized spacial score (nSPS) is 20.7. The van der Waals surface area contributed by atoms with Gasteiger partial charge in [0.05, 0.1) is 18.4 Å². The maximum Gasteiger partial charge on any atom is 0.257 e. The van der Waals surface area contributed by atoms with Crippen LogP contribution >= 0.6 is 0 Å². The Labute approximate surface area is 170 Å². The molecule has 29 heavy (non-hydrogen) atoms. The van der Waals surface area contributed by atoms with E-state index in [0.717, 1.165) is 5.82 Å². The summed E-state index contributed by atoms with van der Waals surface area (Å²) in [5.41, 5.74) is -0.0537. The Hall–Kier alpha value is -2.61. The van der Waals surface area contributed by atoms with E-state index in [2.05, 4.69) is 24.1 Å². The molecular formula is C21H28N4O4. The lowest BCUT2D eigenvalue weighted by Crippen LogP contribution is -2.55. The van der Waals surface area contributed by atoms with Crippen LogP contribution in [0.1, 0.15) is 48.6 Å². The lowest BCUT2D eigenvalue weighted by Gasteiger charge is -2.45. The maximum atomic E-state index is 12.8. The number of hydrogen-bond donors (Lipinski definition) is 1. The molecule has 0 unspecified atom stereocenters. The number of rotatable bonds is 4. The van der Waals surface area contributed by atoms with Crippen molar-refractivity contribution in [3.63, 3.8) is 0 Å². The fourth-order valence-electron chi connectivity index (χ4n) is 4.14. The van der Waals surface area contributed by atoms with Crippen LogP contribution in [0.5, 0.6) is 0 Å². The number of nitrogens with zero attached hydrogens (tertiary/aromatic N) is 3. The van der Waals surface area contributed by atoms with Crippen LogP contribution in [0.2, 0.25) is 0 Å². The largest absolute Gasteiger partial charge is 0.469 e. The number of carbonyl (C=O) groups is 2. The zero-order chi connectivity index (χ0) is 20.6. The summed E-state index contributed by atoms with van der Waals surface area (Å²) >= 11 is 0. The highest BCUT2D eigenvalue weighted by Crippen LogP contribution is 2.40. The first-order chi connectivity index (χ1) is 13.9. The lowest BCUT2D eigenvalue weighted by atomic mass is 9.88. The van der Waals surface area contributed by atoms with Gasteiger partial charge in [0.25, 0.3) is 11.8 Å². The highest BCUT2D eigenvalue weighted by atomic mass is 16.5. The number of aromatic nitrogens is 2. The number of hydrogen-bond acceptors (Lipinski definition) is 5. The fraction of sp³-hybridized carbons (Fsp3) is 0.571. The average molecular weight is 400 g/mol. The zero-order valence-electron chi connectivity index (χ0n) is 17.2. The van der Waals surface area contributed by atoms with Crippen molar-refractivity contribution in [3.05, 3.63) is 41.9 Å². The first-order valence-corrected chi connectivity index (χ1v) is 10.2. The second-order valence-electron chi connectivity index (χ2n) is 8.33. The first-order valence-electron chi connectivity index (χ1n) is 10.2. The van der Waals surface area contributed by atoms with Crippen molar-refractivity contribution >= 4 is 11.8 Å². The van der Waals surface area contributed by atoms with Gasteiger partial charge < -0.3 is 23.9 Å².